The van der Waals surface area contributed by atoms with E-state index >= 15 is 0 Å². The fourth-order valence-corrected chi connectivity index (χ4v) is 1.77. The third kappa shape index (κ3) is 9.91. The summed E-state index contributed by atoms with van der Waals surface area (Å²) >= 11 is 0. The average molecular weight is 226 g/mol. The first-order valence-corrected chi connectivity index (χ1v) is 6.48. The summed E-state index contributed by atoms with van der Waals surface area (Å²) in [5.41, 5.74) is 0. The molecule has 0 amide bonds. The lowest BCUT2D eigenvalue weighted by molar-refractivity contribution is -0.104. The molecular formula is C14H26O2. The number of aldehydes is 1. The van der Waals surface area contributed by atoms with Crippen LogP contribution in [0.15, 0.2) is 12.2 Å². The molecule has 0 aliphatic carbocycles. The number of methoxy groups -OCH3 is 1. The van der Waals surface area contributed by atoms with Crippen LogP contribution in [-0.4, -0.2) is 19.5 Å². The molecule has 0 fully saturated rings. The van der Waals surface area contributed by atoms with Crippen molar-refractivity contribution in [2.45, 2.75) is 64.4 Å². The molecule has 0 aromatic heterocycles. The van der Waals surface area contributed by atoms with Crippen LogP contribution in [0.3, 0.4) is 0 Å². The summed E-state index contributed by atoms with van der Waals surface area (Å²) in [5.74, 6) is 0. The van der Waals surface area contributed by atoms with Crippen LogP contribution in [0.1, 0.15) is 58.3 Å². The first kappa shape index (κ1) is 15.4. The maximum absolute atomic E-state index is 10.1. The maximum Gasteiger partial charge on any atom is 0.142 e. The van der Waals surface area contributed by atoms with Crippen LogP contribution in [0.2, 0.25) is 0 Å². The van der Waals surface area contributed by atoms with Gasteiger partial charge in [-0.25, -0.2) is 0 Å². The van der Waals surface area contributed by atoms with Crippen molar-refractivity contribution >= 4 is 6.29 Å². The van der Waals surface area contributed by atoms with E-state index in [2.05, 4.69) is 6.92 Å². The molecule has 0 bridgehead atoms. The van der Waals surface area contributed by atoms with E-state index in [0.29, 0.717) is 0 Å². The van der Waals surface area contributed by atoms with Gasteiger partial charge in [0.05, 0.1) is 6.10 Å². The van der Waals surface area contributed by atoms with Gasteiger partial charge in [0.15, 0.2) is 0 Å². The average Bonchev–Trinajstić information content (AvgIpc) is 2.31. The quantitative estimate of drug-likeness (QED) is 0.303. The third-order valence-electron chi connectivity index (χ3n) is 2.83. The number of carbonyl (C=O) groups is 1. The minimum absolute atomic E-state index is 0.280. The Morgan fingerprint density at radius 1 is 1.12 bits per heavy atom. The molecular weight excluding hydrogens is 200 g/mol. The Hall–Kier alpha value is -0.630. The maximum atomic E-state index is 10.1. The molecule has 1 unspecified atom stereocenters. The summed E-state index contributed by atoms with van der Waals surface area (Å²) in [6, 6.07) is 0. The lowest BCUT2D eigenvalue weighted by atomic mass is 10.1. The largest absolute Gasteiger partial charge is 0.381 e. The van der Waals surface area contributed by atoms with E-state index in [4.69, 9.17) is 4.74 Å². The zero-order valence-electron chi connectivity index (χ0n) is 10.8. The van der Waals surface area contributed by atoms with E-state index in [9.17, 15) is 4.79 Å². The van der Waals surface area contributed by atoms with Crippen molar-refractivity contribution in [3.8, 4) is 0 Å². The monoisotopic (exact) mass is 226 g/mol. The number of hydrogen-bond acceptors (Lipinski definition) is 2. The first-order valence-electron chi connectivity index (χ1n) is 6.48. The Balaban J connectivity index is 3.40. The summed E-state index contributed by atoms with van der Waals surface area (Å²) in [7, 11) is 1.75. The Labute approximate surface area is 100 Å². The fraction of sp³-hybridized carbons (Fsp3) is 0.786. The Morgan fingerprint density at radius 2 is 1.81 bits per heavy atom. The lowest BCUT2D eigenvalue weighted by Crippen LogP contribution is -2.08. The molecule has 0 rings (SSSR count). The summed E-state index contributed by atoms with van der Waals surface area (Å²) in [6.45, 7) is 2.24. The summed E-state index contributed by atoms with van der Waals surface area (Å²) in [4.78, 5) is 10.1. The Morgan fingerprint density at radius 3 is 2.44 bits per heavy atom. The number of allylic oxidation sites excluding steroid dienone is 1. The molecule has 0 aliphatic heterocycles. The van der Waals surface area contributed by atoms with E-state index in [1.165, 1.54) is 38.5 Å². The van der Waals surface area contributed by atoms with Gasteiger partial charge in [-0.3, -0.25) is 4.79 Å². The van der Waals surface area contributed by atoms with Crippen LogP contribution in [0, 0.1) is 0 Å². The number of carbonyl (C=O) groups excluding carboxylic acids is 1. The second kappa shape index (κ2) is 12.4. The van der Waals surface area contributed by atoms with Crippen molar-refractivity contribution < 1.29 is 9.53 Å². The number of unbranched alkanes of at least 4 members (excludes halogenated alkanes) is 5. The van der Waals surface area contributed by atoms with Crippen LogP contribution in [0.25, 0.3) is 0 Å². The molecule has 94 valence electrons. The van der Waals surface area contributed by atoms with Gasteiger partial charge in [0.2, 0.25) is 0 Å². The van der Waals surface area contributed by atoms with Gasteiger partial charge in [-0.05, 0) is 18.9 Å². The zero-order chi connectivity index (χ0) is 12.1. The van der Waals surface area contributed by atoms with Gasteiger partial charge in [0.1, 0.15) is 6.29 Å². The van der Waals surface area contributed by atoms with E-state index in [0.717, 1.165) is 19.1 Å². The van der Waals surface area contributed by atoms with E-state index in [1.54, 1.807) is 13.2 Å². The molecule has 2 heteroatoms. The Kier molecular flexibility index (Phi) is 11.9. The van der Waals surface area contributed by atoms with Gasteiger partial charge >= 0.3 is 0 Å². The van der Waals surface area contributed by atoms with Crippen LogP contribution >= 0.6 is 0 Å². The molecule has 0 spiro atoms. The molecule has 0 saturated carbocycles. The predicted octanol–water partition coefficient (Wildman–Crippen LogP) is 3.90. The SMILES string of the molecule is CCCCCCCCC(C/C=C/C=O)OC. The minimum atomic E-state index is 0.280. The zero-order valence-corrected chi connectivity index (χ0v) is 10.8. The molecule has 0 N–H and O–H groups in total. The van der Waals surface area contributed by atoms with Crippen LogP contribution in [-0.2, 0) is 9.53 Å². The lowest BCUT2D eigenvalue weighted by Gasteiger charge is -2.12. The smallest absolute Gasteiger partial charge is 0.142 e. The number of hydrogen-bond donors (Lipinski definition) is 0. The standard InChI is InChI=1S/C14H26O2/c1-3-4-5-6-7-8-11-14(16-2)12-9-10-13-15/h9-10,13-14H,3-8,11-12H2,1-2H3/b10-9+. The minimum Gasteiger partial charge on any atom is -0.381 e. The van der Waals surface area contributed by atoms with Gasteiger partial charge in [-0.1, -0.05) is 51.5 Å². The molecule has 0 aromatic carbocycles. The highest BCUT2D eigenvalue weighted by molar-refractivity contribution is 5.64. The van der Waals surface area contributed by atoms with Crippen molar-refractivity contribution in [2.24, 2.45) is 0 Å². The van der Waals surface area contributed by atoms with E-state index < -0.39 is 0 Å². The molecule has 0 radical (unpaired) electrons. The highest BCUT2D eigenvalue weighted by atomic mass is 16.5. The first-order chi connectivity index (χ1) is 7.85. The molecule has 0 heterocycles. The van der Waals surface area contributed by atoms with Crippen molar-refractivity contribution in [1.29, 1.82) is 0 Å². The van der Waals surface area contributed by atoms with Gasteiger partial charge < -0.3 is 4.74 Å². The van der Waals surface area contributed by atoms with Gasteiger partial charge in [-0.15, -0.1) is 0 Å². The van der Waals surface area contributed by atoms with Crippen LogP contribution < -0.4 is 0 Å². The topological polar surface area (TPSA) is 26.3 Å². The normalized spacial score (nSPS) is 13.1. The van der Waals surface area contributed by atoms with Gasteiger partial charge in [-0.2, -0.15) is 0 Å². The Bertz CT molecular complexity index is 176. The highest BCUT2D eigenvalue weighted by Crippen LogP contribution is 2.12. The number of rotatable bonds is 11. The fourth-order valence-electron chi connectivity index (χ4n) is 1.77. The van der Waals surface area contributed by atoms with E-state index in [1.807, 2.05) is 6.08 Å². The molecule has 0 aromatic rings. The highest BCUT2D eigenvalue weighted by Gasteiger charge is 2.04. The summed E-state index contributed by atoms with van der Waals surface area (Å²) < 4.78 is 5.36. The molecule has 2 nitrogen and oxygen atoms in total. The number of ether oxygens (including phenoxy) is 1. The van der Waals surface area contributed by atoms with Crippen molar-refractivity contribution in [3.63, 3.8) is 0 Å². The summed E-state index contributed by atoms with van der Waals surface area (Å²) in [6.07, 6.45) is 14.4. The predicted molar refractivity (Wildman–Crippen MR) is 68.6 cm³/mol. The van der Waals surface area contributed by atoms with Gasteiger partial charge in [0.25, 0.3) is 0 Å². The van der Waals surface area contributed by atoms with Crippen LogP contribution in [0.5, 0.6) is 0 Å². The molecule has 1 atom stereocenters. The van der Waals surface area contributed by atoms with Gasteiger partial charge in [0, 0.05) is 7.11 Å². The molecule has 0 aliphatic rings. The van der Waals surface area contributed by atoms with Crippen molar-refractivity contribution in [2.75, 3.05) is 7.11 Å². The van der Waals surface area contributed by atoms with Crippen molar-refractivity contribution in [3.05, 3.63) is 12.2 Å². The van der Waals surface area contributed by atoms with E-state index in [-0.39, 0.29) is 6.10 Å². The third-order valence-corrected chi connectivity index (χ3v) is 2.83. The second-order valence-electron chi connectivity index (χ2n) is 4.21. The summed E-state index contributed by atoms with van der Waals surface area (Å²) in [5, 5.41) is 0. The van der Waals surface area contributed by atoms with Crippen molar-refractivity contribution in [1.82, 2.24) is 0 Å². The second-order valence-corrected chi connectivity index (χ2v) is 4.21. The van der Waals surface area contributed by atoms with Crippen LogP contribution in [0.4, 0.5) is 0 Å². The molecule has 16 heavy (non-hydrogen) atoms. The molecule has 0 saturated heterocycles.